The lowest BCUT2D eigenvalue weighted by Crippen LogP contribution is -2.42. The number of fused-ring (bicyclic) bond motifs is 1. The summed E-state index contributed by atoms with van der Waals surface area (Å²) >= 11 is 1.42. The van der Waals surface area contributed by atoms with Crippen LogP contribution in [0.5, 0.6) is 0 Å². The van der Waals surface area contributed by atoms with Gasteiger partial charge in [-0.2, -0.15) is 0 Å². The molecule has 1 aliphatic rings. The number of H-pyrrole nitrogens is 1. The highest BCUT2D eigenvalue weighted by atomic mass is 32.2. The van der Waals surface area contributed by atoms with Gasteiger partial charge in [0, 0.05) is 23.5 Å². The van der Waals surface area contributed by atoms with Gasteiger partial charge in [0.15, 0.2) is 5.69 Å². The minimum atomic E-state index is -0.704. The molecule has 1 aliphatic heterocycles. The number of carbonyl (C=O) groups is 2. The predicted molar refractivity (Wildman–Crippen MR) is 128 cm³/mol. The highest BCUT2D eigenvalue weighted by Gasteiger charge is 2.28. The molecule has 0 saturated carbocycles. The number of aromatic nitrogens is 2. The smallest absolute Gasteiger partial charge is 0.330 e. The Kier molecular flexibility index (Phi) is 7.12. The van der Waals surface area contributed by atoms with Crippen LogP contribution in [0.1, 0.15) is 50.9 Å². The normalized spacial score (nSPS) is 15.4. The molecule has 0 unspecified atom stereocenters. The average Bonchev–Trinajstić information content (AvgIpc) is 2.72. The minimum Gasteiger partial charge on any atom is -0.383 e. The van der Waals surface area contributed by atoms with E-state index in [4.69, 9.17) is 5.73 Å². The van der Waals surface area contributed by atoms with Gasteiger partial charge in [-0.05, 0) is 37.5 Å². The molecule has 2 amide bonds. The number of nitrogens with zero attached hydrogens (tertiary/aromatic N) is 2. The summed E-state index contributed by atoms with van der Waals surface area (Å²) in [5.74, 6) is -0.563. The van der Waals surface area contributed by atoms with Crippen LogP contribution < -0.4 is 27.2 Å². The molecule has 32 heavy (non-hydrogen) atoms. The Balaban J connectivity index is 2.08. The Morgan fingerprint density at radius 1 is 1.28 bits per heavy atom. The van der Waals surface area contributed by atoms with Crippen LogP contribution in [0.15, 0.2) is 32.7 Å². The van der Waals surface area contributed by atoms with Crippen molar-refractivity contribution >= 4 is 40.8 Å². The Bertz CT molecular complexity index is 1150. The number of benzene rings is 1. The average molecular weight is 460 g/mol. The number of carbonyl (C=O) groups excluding carboxylic acids is 2. The minimum absolute atomic E-state index is 0.0301. The van der Waals surface area contributed by atoms with E-state index in [1.165, 1.54) is 21.2 Å². The molecular weight excluding hydrogens is 430 g/mol. The van der Waals surface area contributed by atoms with Gasteiger partial charge in [-0.25, -0.2) is 4.79 Å². The number of nitrogens with two attached hydrogens (primary N) is 1. The molecule has 1 aromatic heterocycles. The number of nitrogen functional groups attached to an aromatic ring is 1. The number of aromatic amines is 1. The Labute approximate surface area is 190 Å². The van der Waals surface area contributed by atoms with Crippen molar-refractivity contribution in [3.05, 3.63) is 44.6 Å². The van der Waals surface area contributed by atoms with Gasteiger partial charge in [-0.3, -0.25) is 23.9 Å². The second-order valence-corrected chi connectivity index (χ2v) is 9.65. The van der Waals surface area contributed by atoms with E-state index >= 15 is 0 Å². The molecule has 4 N–H and O–H groups in total. The van der Waals surface area contributed by atoms with Gasteiger partial charge in [-0.1, -0.05) is 27.2 Å². The molecule has 0 bridgehead atoms. The fourth-order valence-corrected chi connectivity index (χ4v) is 4.45. The van der Waals surface area contributed by atoms with E-state index in [9.17, 15) is 19.2 Å². The molecule has 2 aromatic rings. The summed E-state index contributed by atoms with van der Waals surface area (Å²) in [6.45, 7) is 8.21. The number of unbranched alkanes of at least 4 members (excludes halogenated alkanes) is 1. The molecule has 0 fully saturated rings. The van der Waals surface area contributed by atoms with Crippen molar-refractivity contribution in [3.8, 4) is 0 Å². The maximum absolute atomic E-state index is 13.5. The number of hydrogen-bond acceptors (Lipinski definition) is 6. The molecule has 0 radical (unpaired) electrons. The van der Waals surface area contributed by atoms with E-state index in [-0.39, 0.29) is 35.1 Å². The SMILES string of the molecule is CCCCn1c(N)c(N(CC(C)C)C(=O)c2ccc3c(c2)NC(=O)[C@@H](C)S3)c(=O)[nH]c1=O. The largest absolute Gasteiger partial charge is 0.383 e. The second kappa shape index (κ2) is 9.64. The molecule has 9 nitrogen and oxygen atoms in total. The van der Waals surface area contributed by atoms with Crippen molar-refractivity contribution in [2.45, 2.75) is 57.2 Å². The summed E-state index contributed by atoms with van der Waals surface area (Å²) in [5, 5.41) is 2.60. The van der Waals surface area contributed by atoms with Gasteiger partial charge < -0.3 is 16.0 Å². The van der Waals surface area contributed by atoms with Crippen molar-refractivity contribution in [2.24, 2.45) is 5.92 Å². The zero-order valence-electron chi connectivity index (χ0n) is 18.7. The van der Waals surface area contributed by atoms with Gasteiger partial charge in [0.25, 0.3) is 11.5 Å². The fourth-order valence-electron chi connectivity index (χ4n) is 3.51. The zero-order chi connectivity index (χ0) is 23.6. The number of amides is 2. The summed E-state index contributed by atoms with van der Waals surface area (Å²) in [5.41, 5.74) is 5.79. The van der Waals surface area contributed by atoms with Crippen LogP contribution in [0.25, 0.3) is 0 Å². The highest BCUT2D eigenvalue weighted by Crippen LogP contribution is 2.36. The van der Waals surface area contributed by atoms with Crippen molar-refractivity contribution < 1.29 is 9.59 Å². The third-order valence-electron chi connectivity index (χ3n) is 5.17. The van der Waals surface area contributed by atoms with E-state index in [1.54, 1.807) is 18.2 Å². The van der Waals surface area contributed by atoms with Crippen LogP contribution in [-0.4, -0.2) is 33.2 Å². The summed E-state index contributed by atoms with van der Waals surface area (Å²) in [7, 11) is 0. The number of nitrogens with one attached hydrogen (secondary N) is 2. The number of anilines is 3. The lowest BCUT2D eigenvalue weighted by Gasteiger charge is -2.27. The van der Waals surface area contributed by atoms with Crippen molar-refractivity contribution in [1.29, 1.82) is 0 Å². The van der Waals surface area contributed by atoms with E-state index in [0.29, 0.717) is 24.2 Å². The molecule has 3 rings (SSSR count). The summed E-state index contributed by atoms with van der Waals surface area (Å²) in [6.07, 6.45) is 1.54. The lowest BCUT2D eigenvalue weighted by atomic mass is 10.1. The van der Waals surface area contributed by atoms with E-state index in [0.717, 1.165) is 11.3 Å². The third-order valence-corrected chi connectivity index (χ3v) is 6.35. The van der Waals surface area contributed by atoms with Crippen LogP contribution in [-0.2, 0) is 11.3 Å². The topological polar surface area (TPSA) is 130 Å². The van der Waals surface area contributed by atoms with E-state index < -0.39 is 17.2 Å². The molecule has 1 atom stereocenters. The first kappa shape index (κ1) is 23.6. The summed E-state index contributed by atoms with van der Waals surface area (Å²) in [6, 6.07) is 5.06. The first-order valence-electron chi connectivity index (χ1n) is 10.7. The summed E-state index contributed by atoms with van der Waals surface area (Å²) < 4.78 is 1.30. The molecular formula is C22H29N5O4S. The maximum Gasteiger partial charge on any atom is 0.330 e. The first-order valence-corrected chi connectivity index (χ1v) is 11.6. The van der Waals surface area contributed by atoms with E-state index in [1.807, 2.05) is 27.7 Å². The zero-order valence-corrected chi connectivity index (χ0v) is 19.5. The van der Waals surface area contributed by atoms with Gasteiger partial charge in [0.2, 0.25) is 5.91 Å². The van der Waals surface area contributed by atoms with Crippen LogP contribution in [0.4, 0.5) is 17.2 Å². The molecule has 0 saturated heterocycles. The molecule has 2 heterocycles. The lowest BCUT2D eigenvalue weighted by molar-refractivity contribution is -0.115. The van der Waals surface area contributed by atoms with Crippen molar-refractivity contribution in [2.75, 3.05) is 22.5 Å². The highest BCUT2D eigenvalue weighted by molar-refractivity contribution is 8.00. The second-order valence-electron chi connectivity index (χ2n) is 8.27. The number of rotatable bonds is 7. The predicted octanol–water partition coefficient (Wildman–Crippen LogP) is 2.65. The first-order chi connectivity index (χ1) is 15.1. The van der Waals surface area contributed by atoms with Crippen LogP contribution in [0, 0.1) is 5.92 Å². The third kappa shape index (κ3) is 4.74. The van der Waals surface area contributed by atoms with Gasteiger partial charge in [0.05, 0.1) is 10.9 Å². The number of thioether (sulfide) groups is 1. The quantitative estimate of drug-likeness (QED) is 0.584. The fraction of sp³-hybridized carbons (Fsp3) is 0.455. The van der Waals surface area contributed by atoms with Gasteiger partial charge in [-0.15, -0.1) is 11.8 Å². The maximum atomic E-state index is 13.5. The molecule has 0 aliphatic carbocycles. The monoisotopic (exact) mass is 459 g/mol. The molecule has 172 valence electrons. The van der Waals surface area contributed by atoms with Crippen molar-refractivity contribution in [1.82, 2.24) is 9.55 Å². The van der Waals surface area contributed by atoms with Gasteiger partial charge in [0.1, 0.15) is 5.82 Å². The van der Waals surface area contributed by atoms with Crippen LogP contribution in [0.2, 0.25) is 0 Å². The standard InChI is InChI=1S/C22H29N5O4S/c1-5-6-9-26-18(23)17(20(29)25-22(26)31)27(11-12(2)3)21(30)14-7-8-16-15(10-14)24-19(28)13(4)32-16/h7-8,10,12-13H,5-6,9,11,23H2,1-4H3,(H,24,28)(H,25,29,31)/t13-/m1/s1. The summed E-state index contributed by atoms with van der Waals surface area (Å²) in [4.78, 5) is 55.1. The Morgan fingerprint density at radius 2 is 2.00 bits per heavy atom. The van der Waals surface area contributed by atoms with Crippen LogP contribution in [0.3, 0.4) is 0 Å². The van der Waals surface area contributed by atoms with Crippen molar-refractivity contribution in [3.63, 3.8) is 0 Å². The molecule has 0 spiro atoms. The Hall–Kier alpha value is -3.01. The molecule has 1 aromatic carbocycles. The van der Waals surface area contributed by atoms with Gasteiger partial charge >= 0.3 is 5.69 Å². The van der Waals surface area contributed by atoms with E-state index in [2.05, 4.69) is 10.3 Å². The number of hydrogen-bond donors (Lipinski definition) is 3. The Morgan fingerprint density at radius 3 is 2.66 bits per heavy atom. The van der Waals surface area contributed by atoms with Crippen LogP contribution >= 0.6 is 11.8 Å². The molecule has 10 heteroatoms.